The van der Waals surface area contributed by atoms with Crippen LogP contribution in [0.5, 0.6) is 5.75 Å². The Labute approximate surface area is 101 Å². The molecule has 0 saturated carbocycles. The highest BCUT2D eigenvalue weighted by atomic mass is 16.5. The highest BCUT2D eigenvalue weighted by molar-refractivity contribution is 5.32. The third kappa shape index (κ3) is 2.76. The number of morpholine rings is 1. The Balaban J connectivity index is 2.19. The Morgan fingerprint density at radius 1 is 1.59 bits per heavy atom. The van der Waals surface area contributed by atoms with Gasteiger partial charge in [-0.05, 0) is 24.6 Å². The average molecular weight is 232 g/mol. The van der Waals surface area contributed by atoms with Crippen molar-refractivity contribution in [3.05, 3.63) is 29.8 Å². The molecule has 0 spiro atoms. The van der Waals surface area contributed by atoms with Crippen LogP contribution in [-0.4, -0.2) is 35.8 Å². The topological polar surface area (TPSA) is 56.5 Å². The van der Waals surface area contributed by atoms with Gasteiger partial charge in [0.2, 0.25) is 0 Å². The molecule has 1 aromatic carbocycles. The number of phenolic OH excluding ortho intramolecular Hbond substituents is 1. The van der Waals surface area contributed by atoms with Gasteiger partial charge in [-0.2, -0.15) is 5.26 Å². The lowest BCUT2D eigenvalue weighted by Crippen LogP contribution is -2.42. The summed E-state index contributed by atoms with van der Waals surface area (Å²) in [6.07, 6.45) is 0.150. The summed E-state index contributed by atoms with van der Waals surface area (Å²) in [5, 5.41) is 18.7. The van der Waals surface area contributed by atoms with E-state index in [-0.39, 0.29) is 17.9 Å². The van der Waals surface area contributed by atoms with Gasteiger partial charge >= 0.3 is 0 Å². The van der Waals surface area contributed by atoms with E-state index >= 15 is 0 Å². The molecule has 1 aliphatic heterocycles. The van der Waals surface area contributed by atoms with Crippen LogP contribution in [0.25, 0.3) is 0 Å². The zero-order valence-electron chi connectivity index (χ0n) is 9.84. The molecule has 1 aromatic rings. The Morgan fingerprint density at radius 2 is 2.41 bits per heavy atom. The van der Waals surface area contributed by atoms with Crippen LogP contribution in [0.3, 0.4) is 0 Å². The van der Waals surface area contributed by atoms with Gasteiger partial charge in [-0.15, -0.1) is 0 Å². The minimum Gasteiger partial charge on any atom is -0.508 e. The van der Waals surface area contributed by atoms with Gasteiger partial charge in [-0.25, -0.2) is 0 Å². The fraction of sp³-hybridized carbons (Fsp3) is 0.462. The lowest BCUT2D eigenvalue weighted by atomic mass is 10.1. The monoisotopic (exact) mass is 232 g/mol. The third-order valence-corrected chi connectivity index (χ3v) is 2.95. The van der Waals surface area contributed by atoms with Gasteiger partial charge in [0.1, 0.15) is 11.8 Å². The molecule has 2 atom stereocenters. The summed E-state index contributed by atoms with van der Waals surface area (Å²) in [5.74, 6) is 0.198. The average Bonchev–Trinajstić information content (AvgIpc) is 2.30. The fourth-order valence-electron chi connectivity index (χ4n) is 2.14. The van der Waals surface area contributed by atoms with Crippen molar-refractivity contribution in [2.24, 2.45) is 0 Å². The summed E-state index contributed by atoms with van der Waals surface area (Å²) in [4.78, 5) is 2.09. The van der Waals surface area contributed by atoms with Crippen LogP contribution in [-0.2, 0) is 4.74 Å². The lowest BCUT2D eigenvalue weighted by Gasteiger charge is -2.34. The van der Waals surface area contributed by atoms with Gasteiger partial charge in [0, 0.05) is 13.1 Å². The Kier molecular flexibility index (Phi) is 3.62. The van der Waals surface area contributed by atoms with E-state index in [1.807, 2.05) is 13.0 Å². The van der Waals surface area contributed by atoms with Gasteiger partial charge in [-0.3, -0.25) is 4.90 Å². The van der Waals surface area contributed by atoms with Crippen LogP contribution in [0.2, 0.25) is 0 Å². The Bertz CT molecular complexity index is 428. The number of ether oxygens (including phenoxy) is 1. The van der Waals surface area contributed by atoms with Crippen LogP contribution >= 0.6 is 0 Å². The number of nitrogens with zero attached hydrogens (tertiary/aromatic N) is 2. The fourth-order valence-corrected chi connectivity index (χ4v) is 2.14. The first kappa shape index (κ1) is 11.9. The number of phenols is 1. The van der Waals surface area contributed by atoms with E-state index in [9.17, 15) is 10.4 Å². The predicted molar refractivity (Wildman–Crippen MR) is 63.4 cm³/mol. The zero-order valence-corrected chi connectivity index (χ0v) is 9.84. The molecule has 1 saturated heterocycles. The predicted octanol–water partition coefficient (Wildman–Crippen LogP) is 1.68. The molecule has 0 aliphatic carbocycles. The molecule has 4 nitrogen and oxygen atoms in total. The minimum atomic E-state index is -0.312. The van der Waals surface area contributed by atoms with Gasteiger partial charge < -0.3 is 9.84 Å². The van der Waals surface area contributed by atoms with E-state index in [1.165, 1.54) is 0 Å². The molecular weight excluding hydrogens is 216 g/mol. The molecule has 0 bridgehead atoms. The summed E-state index contributed by atoms with van der Waals surface area (Å²) in [6.45, 7) is 4.15. The van der Waals surface area contributed by atoms with Crippen molar-refractivity contribution < 1.29 is 9.84 Å². The van der Waals surface area contributed by atoms with E-state index in [1.54, 1.807) is 18.2 Å². The summed E-state index contributed by atoms with van der Waals surface area (Å²) in [6, 6.07) is 8.87. The quantitative estimate of drug-likeness (QED) is 0.842. The molecule has 1 fully saturated rings. The van der Waals surface area contributed by atoms with Crippen LogP contribution in [0, 0.1) is 11.3 Å². The molecule has 0 aromatic heterocycles. The van der Waals surface area contributed by atoms with Crippen molar-refractivity contribution in [2.45, 2.75) is 19.1 Å². The van der Waals surface area contributed by atoms with Gasteiger partial charge in [0.05, 0.1) is 18.8 Å². The second-order valence-corrected chi connectivity index (χ2v) is 4.30. The molecule has 1 heterocycles. The zero-order chi connectivity index (χ0) is 12.3. The van der Waals surface area contributed by atoms with Crippen molar-refractivity contribution in [3.63, 3.8) is 0 Å². The van der Waals surface area contributed by atoms with E-state index in [0.29, 0.717) is 6.61 Å². The van der Waals surface area contributed by atoms with Crippen molar-refractivity contribution >= 4 is 0 Å². The minimum absolute atomic E-state index is 0.150. The maximum absolute atomic E-state index is 9.46. The number of hydrogen-bond acceptors (Lipinski definition) is 4. The van der Waals surface area contributed by atoms with E-state index in [0.717, 1.165) is 18.7 Å². The first-order chi connectivity index (χ1) is 8.20. The molecule has 2 rings (SSSR count). The second kappa shape index (κ2) is 5.17. The molecule has 0 unspecified atom stereocenters. The summed E-state index contributed by atoms with van der Waals surface area (Å²) in [5.41, 5.74) is 0.835. The van der Waals surface area contributed by atoms with E-state index < -0.39 is 0 Å². The van der Waals surface area contributed by atoms with Crippen molar-refractivity contribution in [1.29, 1.82) is 5.26 Å². The van der Waals surface area contributed by atoms with E-state index in [4.69, 9.17) is 4.74 Å². The number of nitriles is 1. The van der Waals surface area contributed by atoms with Crippen molar-refractivity contribution in [1.82, 2.24) is 4.90 Å². The van der Waals surface area contributed by atoms with Gasteiger partial charge in [-0.1, -0.05) is 12.1 Å². The van der Waals surface area contributed by atoms with Crippen LogP contribution < -0.4 is 0 Å². The van der Waals surface area contributed by atoms with Crippen molar-refractivity contribution in [2.75, 3.05) is 19.7 Å². The summed E-state index contributed by atoms with van der Waals surface area (Å²) in [7, 11) is 0. The summed E-state index contributed by atoms with van der Waals surface area (Å²) < 4.78 is 5.46. The molecule has 0 radical (unpaired) electrons. The molecule has 1 N–H and O–H groups in total. The first-order valence-electron chi connectivity index (χ1n) is 5.75. The number of benzene rings is 1. The Hall–Kier alpha value is -1.57. The number of aromatic hydroxyl groups is 1. The normalized spacial score (nSPS) is 22.9. The number of hydrogen-bond donors (Lipinski definition) is 1. The Morgan fingerprint density at radius 3 is 3.06 bits per heavy atom. The molecular formula is C13H16N2O2. The van der Waals surface area contributed by atoms with Gasteiger partial charge in [0.15, 0.2) is 0 Å². The lowest BCUT2D eigenvalue weighted by molar-refractivity contribution is -0.0269. The highest BCUT2D eigenvalue weighted by Gasteiger charge is 2.25. The van der Waals surface area contributed by atoms with Gasteiger partial charge in [0.25, 0.3) is 0 Å². The van der Waals surface area contributed by atoms with E-state index in [2.05, 4.69) is 11.0 Å². The van der Waals surface area contributed by atoms with Crippen molar-refractivity contribution in [3.8, 4) is 11.8 Å². The molecule has 90 valence electrons. The highest BCUT2D eigenvalue weighted by Crippen LogP contribution is 2.24. The molecule has 17 heavy (non-hydrogen) atoms. The maximum Gasteiger partial charge on any atom is 0.124 e. The second-order valence-electron chi connectivity index (χ2n) is 4.30. The van der Waals surface area contributed by atoms with Crippen LogP contribution in [0.1, 0.15) is 18.5 Å². The largest absolute Gasteiger partial charge is 0.508 e. The SMILES string of the molecule is C[C@H]1CN([C@H](C#N)c2cccc(O)c2)CCO1. The smallest absolute Gasteiger partial charge is 0.124 e. The summed E-state index contributed by atoms with van der Waals surface area (Å²) >= 11 is 0. The first-order valence-corrected chi connectivity index (χ1v) is 5.75. The molecule has 1 aliphatic rings. The van der Waals surface area contributed by atoms with Crippen LogP contribution in [0.15, 0.2) is 24.3 Å². The molecule has 0 amide bonds. The molecule has 4 heteroatoms. The standard InChI is InChI=1S/C13H16N2O2/c1-10-9-15(5-6-17-10)13(8-14)11-3-2-4-12(16)7-11/h2-4,7,10,13,16H,5-6,9H2,1H3/t10-,13+/m0/s1. The maximum atomic E-state index is 9.46. The third-order valence-electron chi connectivity index (χ3n) is 2.95. The van der Waals surface area contributed by atoms with Crippen LogP contribution in [0.4, 0.5) is 0 Å². The number of rotatable bonds is 2.